The lowest BCUT2D eigenvalue weighted by atomic mass is 9.98. The van der Waals surface area contributed by atoms with Gasteiger partial charge in [-0.25, -0.2) is 9.59 Å². The number of piperazine rings is 1. The lowest BCUT2D eigenvalue weighted by Crippen LogP contribution is -2.61. The van der Waals surface area contributed by atoms with E-state index >= 15 is 0 Å². The number of aliphatic carboxylic acids is 1. The molecule has 0 spiro atoms. The summed E-state index contributed by atoms with van der Waals surface area (Å²) in [6, 6.07) is 23.1. The van der Waals surface area contributed by atoms with Gasteiger partial charge in [0.2, 0.25) is 5.91 Å². The van der Waals surface area contributed by atoms with Crippen molar-refractivity contribution in [2.24, 2.45) is 0 Å². The fourth-order valence-electron chi connectivity index (χ4n) is 4.89. The molecule has 2 heterocycles. The molecule has 7 heteroatoms. The number of nitrogens with zero attached hydrogens (tertiary/aromatic N) is 3. The molecule has 0 saturated carbocycles. The minimum Gasteiger partial charge on any atom is -0.480 e. The minimum atomic E-state index is -1.13. The van der Waals surface area contributed by atoms with Crippen molar-refractivity contribution in [2.75, 3.05) is 24.5 Å². The number of rotatable bonds is 3. The second-order valence-electron chi connectivity index (χ2n) is 9.03. The van der Waals surface area contributed by atoms with Crippen LogP contribution >= 0.6 is 0 Å². The monoisotopic (exact) mass is 481 g/mol. The molecule has 5 rings (SSSR count). The fourth-order valence-corrected chi connectivity index (χ4v) is 4.89. The van der Waals surface area contributed by atoms with E-state index in [0.717, 1.165) is 28.1 Å². The molecule has 2 aliphatic rings. The first-order valence-electron chi connectivity index (χ1n) is 12.0. The quantitative estimate of drug-likeness (QED) is 0.581. The molecule has 3 aromatic rings. The highest BCUT2D eigenvalue weighted by Gasteiger charge is 2.40. The van der Waals surface area contributed by atoms with Gasteiger partial charge < -0.3 is 14.9 Å². The zero-order valence-electron chi connectivity index (χ0n) is 19.9. The van der Waals surface area contributed by atoms with E-state index < -0.39 is 17.9 Å². The summed E-state index contributed by atoms with van der Waals surface area (Å²) < 4.78 is 0. The van der Waals surface area contributed by atoms with Gasteiger partial charge in [-0.05, 0) is 35.7 Å². The van der Waals surface area contributed by atoms with E-state index in [-0.39, 0.29) is 31.6 Å². The first-order valence-corrected chi connectivity index (χ1v) is 12.0. The maximum Gasteiger partial charge on any atom is 0.329 e. The maximum atomic E-state index is 14.0. The summed E-state index contributed by atoms with van der Waals surface area (Å²) in [4.78, 5) is 44.1. The molecule has 1 fully saturated rings. The van der Waals surface area contributed by atoms with Crippen molar-refractivity contribution in [1.82, 2.24) is 9.80 Å². The van der Waals surface area contributed by atoms with Crippen LogP contribution in [0.3, 0.4) is 0 Å². The summed E-state index contributed by atoms with van der Waals surface area (Å²) in [5.41, 5.74) is 4.07. The van der Waals surface area contributed by atoms with Crippen molar-refractivity contribution in [3.63, 3.8) is 0 Å². The van der Waals surface area contributed by atoms with Crippen LogP contribution in [-0.2, 0) is 9.59 Å². The highest BCUT2D eigenvalue weighted by Crippen LogP contribution is 2.37. The van der Waals surface area contributed by atoms with Gasteiger partial charge in [0.25, 0.3) is 0 Å². The van der Waals surface area contributed by atoms with Crippen LogP contribution < -0.4 is 4.90 Å². The topological polar surface area (TPSA) is 81.2 Å². The number of anilines is 2. The molecule has 2 aliphatic heterocycles. The lowest BCUT2D eigenvalue weighted by molar-refractivity contribution is -0.153. The van der Waals surface area contributed by atoms with Crippen LogP contribution in [0.5, 0.6) is 0 Å². The molecular weight excluding hydrogens is 454 g/mol. The van der Waals surface area contributed by atoms with Gasteiger partial charge in [0.1, 0.15) is 6.04 Å². The number of carboxylic acids is 1. The number of urea groups is 1. The van der Waals surface area contributed by atoms with Gasteiger partial charge in [-0.2, -0.15) is 0 Å². The molecule has 0 radical (unpaired) electrons. The number of fused-ring (bicyclic) bond motifs is 2. The molecule has 1 saturated heterocycles. The largest absolute Gasteiger partial charge is 0.480 e. The summed E-state index contributed by atoms with van der Waals surface area (Å²) in [6.45, 7) is 2.08. The SMILES string of the molecule is CC(C(=O)N1CCN(C(=O)N2c3ccccc3C=Cc3ccccc32)C[C@H]1C(=O)O)c1ccccc1. The number of hydrogen-bond donors (Lipinski definition) is 1. The third-order valence-corrected chi connectivity index (χ3v) is 6.88. The molecule has 3 amide bonds. The highest BCUT2D eigenvalue weighted by atomic mass is 16.4. The Bertz CT molecular complexity index is 1290. The molecule has 182 valence electrons. The van der Waals surface area contributed by atoms with Crippen LogP contribution in [0.4, 0.5) is 16.2 Å². The molecule has 1 N–H and O–H groups in total. The number of carbonyl (C=O) groups excluding carboxylic acids is 2. The van der Waals surface area contributed by atoms with Gasteiger partial charge >= 0.3 is 12.0 Å². The van der Waals surface area contributed by atoms with Crippen molar-refractivity contribution in [1.29, 1.82) is 0 Å². The van der Waals surface area contributed by atoms with Gasteiger partial charge in [0.15, 0.2) is 0 Å². The van der Waals surface area contributed by atoms with E-state index in [9.17, 15) is 19.5 Å². The normalized spacial score (nSPS) is 17.6. The van der Waals surface area contributed by atoms with Crippen molar-refractivity contribution in [2.45, 2.75) is 18.9 Å². The number of carboxylic acid groups (broad SMARTS) is 1. The van der Waals surface area contributed by atoms with Crippen LogP contribution in [-0.4, -0.2) is 58.5 Å². The van der Waals surface area contributed by atoms with E-state index in [0.29, 0.717) is 0 Å². The summed E-state index contributed by atoms with van der Waals surface area (Å²) >= 11 is 0. The Hall–Kier alpha value is -4.39. The van der Waals surface area contributed by atoms with E-state index in [1.54, 1.807) is 11.8 Å². The number of para-hydroxylation sites is 2. The zero-order chi connectivity index (χ0) is 25.2. The van der Waals surface area contributed by atoms with Crippen molar-refractivity contribution < 1.29 is 19.5 Å². The zero-order valence-corrected chi connectivity index (χ0v) is 19.9. The molecule has 0 aromatic heterocycles. The van der Waals surface area contributed by atoms with Gasteiger partial charge in [-0.1, -0.05) is 78.9 Å². The van der Waals surface area contributed by atoms with Crippen molar-refractivity contribution in [3.8, 4) is 0 Å². The molecular formula is C29H27N3O4. The van der Waals surface area contributed by atoms with Crippen LogP contribution in [0, 0.1) is 0 Å². The average molecular weight is 482 g/mol. The van der Waals surface area contributed by atoms with E-state index in [1.807, 2.05) is 91.0 Å². The Morgan fingerprint density at radius 3 is 1.94 bits per heavy atom. The lowest BCUT2D eigenvalue weighted by Gasteiger charge is -2.42. The third-order valence-electron chi connectivity index (χ3n) is 6.88. The Morgan fingerprint density at radius 1 is 0.806 bits per heavy atom. The third kappa shape index (κ3) is 4.24. The van der Waals surface area contributed by atoms with Crippen LogP contribution in [0.15, 0.2) is 78.9 Å². The molecule has 2 atom stereocenters. The predicted octanol–water partition coefficient (Wildman–Crippen LogP) is 4.83. The smallest absolute Gasteiger partial charge is 0.329 e. The number of hydrogen-bond acceptors (Lipinski definition) is 3. The van der Waals surface area contributed by atoms with Crippen LogP contribution in [0.2, 0.25) is 0 Å². The second-order valence-corrected chi connectivity index (χ2v) is 9.03. The summed E-state index contributed by atoms with van der Waals surface area (Å²) in [5, 5.41) is 10.0. The van der Waals surface area contributed by atoms with Gasteiger partial charge in [0.05, 0.1) is 23.8 Å². The average Bonchev–Trinajstić information content (AvgIpc) is 3.09. The molecule has 3 aromatic carbocycles. The summed E-state index contributed by atoms with van der Waals surface area (Å²) in [7, 11) is 0. The van der Waals surface area contributed by atoms with Crippen molar-refractivity contribution in [3.05, 3.63) is 95.6 Å². The second kappa shape index (κ2) is 9.70. The number of benzene rings is 3. The summed E-state index contributed by atoms with van der Waals surface area (Å²) in [5.74, 6) is -1.86. The first-order chi connectivity index (χ1) is 17.5. The summed E-state index contributed by atoms with van der Waals surface area (Å²) in [6.07, 6.45) is 3.95. The number of carbonyl (C=O) groups is 3. The minimum absolute atomic E-state index is 0.0876. The molecule has 1 unspecified atom stereocenters. The highest BCUT2D eigenvalue weighted by molar-refractivity contribution is 6.05. The Labute approximate surface area is 209 Å². The van der Waals surface area contributed by atoms with E-state index in [4.69, 9.17) is 0 Å². The maximum absolute atomic E-state index is 14.0. The standard InChI is InChI=1S/C29H27N3O4/c1-20(21-9-3-2-4-10-21)27(33)31-18-17-30(19-26(31)28(34)35)29(36)32-24-13-7-5-11-22(24)15-16-23-12-6-8-14-25(23)32/h2-16,20,26H,17-19H2,1H3,(H,34,35)/t20?,26-/m0/s1. The number of amides is 3. The molecule has 0 aliphatic carbocycles. The van der Waals surface area contributed by atoms with Gasteiger partial charge in [-0.15, -0.1) is 0 Å². The van der Waals surface area contributed by atoms with Crippen molar-refractivity contribution >= 4 is 41.4 Å². The van der Waals surface area contributed by atoms with E-state index in [2.05, 4.69) is 0 Å². The van der Waals surface area contributed by atoms with Gasteiger partial charge in [-0.3, -0.25) is 9.69 Å². The van der Waals surface area contributed by atoms with Gasteiger partial charge in [0, 0.05) is 13.1 Å². The fraction of sp³-hybridized carbons (Fsp3) is 0.207. The first kappa shape index (κ1) is 23.4. The Kier molecular flexibility index (Phi) is 6.29. The Morgan fingerprint density at radius 2 is 1.36 bits per heavy atom. The molecule has 7 nitrogen and oxygen atoms in total. The predicted molar refractivity (Wildman–Crippen MR) is 139 cm³/mol. The molecule has 36 heavy (non-hydrogen) atoms. The van der Waals surface area contributed by atoms with Crippen LogP contribution in [0.1, 0.15) is 29.5 Å². The molecule has 0 bridgehead atoms. The van der Waals surface area contributed by atoms with Crippen LogP contribution in [0.25, 0.3) is 12.2 Å². The Balaban J connectivity index is 1.43. The van der Waals surface area contributed by atoms with E-state index in [1.165, 1.54) is 9.80 Å².